The Morgan fingerprint density at radius 2 is 1.79 bits per heavy atom. The van der Waals surface area contributed by atoms with E-state index in [9.17, 15) is 9.59 Å². The van der Waals surface area contributed by atoms with Crippen LogP contribution in [0.5, 0.6) is 0 Å². The molecule has 0 spiro atoms. The molecule has 2 amide bonds. The van der Waals surface area contributed by atoms with Crippen LogP contribution in [0, 0.1) is 0 Å². The Morgan fingerprint density at radius 3 is 2.50 bits per heavy atom. The predicted molar refractivity (Wildman–Crippen MR) is 159 cm³/mol. The van der Waals surface area contributed by atoms with E-state index in [1.807, 2.05) is 48.0 Å². The maximum Gasteiger partial charge on any atom is 0.255 e. The highest BCUT2D eigenvalue weighted by Crippen LogP contribution is 2.43. The molecule has 2 aromatic carbocycles. The van der Waals surface area contributed by atoms with Crippen molar-refractivity contribution in [3.63, 3.8) is 0 Å². The van der Waals surface area contributed by atoms with E-state index in [4.69, 9.17) is 28.3 Å². The lowest BCUT2D eigenvalue weighted by Crippen LogP contribution is -2.59. The molecule has 2 aliphatic rings. The average Bonchev–Trinajstić information content (AvgIpc) is 3.56. The first-order chi connectivity index (χ1) is 20.3. The van der Waals surface area contributed by atoms with Crippen LogP contribution >= 0.6 is 23.2 Å². The smallest absolute Gasteiger partial charge is 0.255 e. The van der Waals surface area contributed by atoms with Crippen molar-refractivity contribution >= 4 is 51.7 Å². The number of anilines is 1. The number of hydrogen-bond acceptors (Lipinski definition) is 6. The van der Waals surface area contributed by atoms with Crippen LogP contribution in [0.4, 0.5) is 5.69 Å². The molecule has 0 radical (unpaired) electrons. The summed E-state index contributed by atoms with van der Waals surface area (Å²) in [5, 5.41) is 17.9. The molecule has 212 valence electrons. The van der Waals surface area contributed by atoms with E-state index in [2.05, 4.69) is 20.6 Å². The molecular formula is C30H26Cl2N8O2. The highest BCUT2D eigenvalue weighted by molar-refractivity contribution is 6.35. The van der Waals surface area contributed by atoms with Crippen molar-refractivity contribution in [3.8, 4) is 5.69 Å². The van der Waals surface area contributed by atoms with Gasteiger partial charge in [-0.05, 0) is 49.2 Å². The lowest BCUT2D eigenvalue weighted by molar-refractivity contribution is -0.116. The summed E-state index contributed by atoms with van der Waals surface area (Å²) in [6.45, 7) is 2.97. The molecule has 3 aromatic heterocycles. The van der Waals surface area contributed by atoms with Crippen LogP contribution in [0.25, 0.3) is 16.7 Å². The number of aromatic nitrogens is 6. The molecule has 7 rings (SSSR count). The SMILES string of the molecule is CC1(c2cn(CC(=O)Nc3cc(Cl)cc(Cl)c3)nn2)CN(C(=O)c2cnc3c(c2)c(C2CC2)nn3-c2ccccc2)C1. The molecular weight excluding hydrogens is 575 g/mol. The summed E-state index contributed by atoms with van der Waals surface area (Å²) in [6, 6.07) is 16.7. The number of amides is 2. The molecule has 2 fully saturated rings. The number of benzene rings is 2. The summed E-state index contributed by atoms with van der Waals surface area (Å²) < 4.78 is 3.35. The highest BCUT2D eigenvalue weighted by atomic mass is 35.5. The van der Waals surface area contributed by atoms with Crippen molar-refractivity contribution in [1.82, 2.24) is 34.7 Å². The van der Waals surface area contributed by atoms with Gasteiger partial charge in [-0.1, -0.05) is 53.5 Å². The molecule has 5 aromatic rings. The summed E-state index contributed by atoms with van der Waals surface area (Å²) in [4.78, 5) is 32.5. The molecule has 4 heterocycles. The zero-order valence-corrected chi connectivity index (χ0v) is 24.2. The summed E-state index contributed by atoms with van der Waals surface area (Å²) in [7, 11) is 0. The van der Waals surface area contributed by atoms with Crippen LogP contribution < -0.4 is 5.32 Å². The summed E-state index contributed by atoms with van der Waals surface area (Å²) >= 11 is 12.0. The molecule has 1 aliphatic heterocycles. The fraction of sp³-hybridized carbons (Fsp3) is 0.267. The number of pyridine rings is 1. The minimum Gasteiger partial charge on any atom is -0.337 e. The van der Waals surface area contributed by atoms with Gasteiger partial charge in [0.05, 0.1) is 22.6 Å². The van der Waals surface area contributed by atoms with Gasteiger partial charge in [0.2, 0.25) is 5.91 Å². The number of rotatable bonds is 7. The van der Waals surface area contributed by atoms with Gasteiger partial charge in [0.1, 0.15) is 6.54 Å². The number of para-hydroxylation sites is 1. The van der Waals surface area contributed by atoms with Gasteiger partial charge in [-0.2, -0.15) is 5.10 Å². The van der Waals surface area contributed by atoms with E-state index >= 15 is 0 Å². The predicted octanol–water partition coefficient (Wildman–Crippen LogP) is 5.25. The first-order valence-corrected chi connectivity index (χ1v) is 14.4. The van der Waals surface area contributed by atoms with Crippen molar-refractivity contribution < 1.29 is 9.59 Å². The zero-order valence-electron chi connectivity index (χ0n) is 22.7. The van der Waals surface area contributed by atoms with Gasteiger partial charge in [0.25, 0.3) is 5.91 Å². The molecule has 1 saturated carbocycles. The van der Waals surface area contributed by atoms with Crippen molar-refractivity contribution in [2.45, 2.75) is 37.6 Å². The Hall–Kier alpha value is -4.28. The monoisotopic (exact) mass is 600 g/mol. The first kappa shape index (κ1) is 26.6. The van der Waals surface area contributed by atoms with Crippen molar-refractivity contribution in [3.05, 3.63) is 94.0 Å². The van der Waals surface area contributed by atoms with Crippen molar-refractivity contribution in [2.24, 2.45) is 0 Å². The average molecular weight is 601 g/mol. The number of hydrogen-bond donors (Lipinski definition) is 1. The number of nitrogens with one attached hydrogen (secondary N) is 1. The Morgan fingerprint density at radius 1 is 1.05 bits per heavy atom. The Labute approximate surface area is 251 Å². The summed E-state index contributed by atoms with van der Waals surface area (Å²) in [6.07, 6.45) is 5.58. The Balaban J connectivity index is 1.04. The number of carbonyl (C=O) groups is 2. The van der Waals surface area contributed by atoms with Gasteiger partial charge in [0.15, 0.2) is 5.65 Å². The highest BCUT2D eigenvalue weighted by Gasteiger charge is 2.45. The fourth-order valence-corrected chi connectivity index (χ4v) is 5.98. The lowest BCUT2D eigenvalue weighted by atomic mass is 9.79. The number of likely N-dealkylation sites (tertiary alicyclic amines) is 1. The first-order valence-electron chi connectivity index (χ1n) is 13.7. The molecule has 12 heteroatoms. The Bertz CT molecular complexity index is 1820. The van der Waals surface area contributed by atoms with E-state index in [1.165, 1.54) is 4.68 Å². The van der Waals surface area contributed by atoms with Gasteiger partial charge in [-0.3, -0.25) is 9.59 Å². The normalized spacial score (nSPS) is 15.9. The van der Waals surface area contributed by atoms with Gasteiger partial charge in [0, 0.05) is 57.9 Å². The van der Waals surface area contributed by atoms with Gasteiger partial charge in [-0.25, -0.2) is 14.3 Å². The van der Waals surface area contributed by atoms with Crippen molar-refractivity contribution in [1.29, 1.82) is 0 Å². The van der Waals surface area contributed by atoms with Crippen LogP contribution in [-0.4, -0.2) is 59.6 Å². The molecule has 1 aliphatic carbocycles. The topological polar surface area (TPSA) is 111 Å². The molecule has 0 unspecified atom stereocenters. The number of carbonyl (C=O) groups excluding carboxylic acids is 2. The van der Waals surface area contributed by atoms with Crippen LogP contribution in [-0.2, 0) is 16.8 Å². The quantitative estimate of drug-likeness (QED) is 0.273. The van der Waals surface area contributed by atoms with Crippen LogP contribution in [0.3, 0.4) is 0 Å². The van der Waals surface area contributed by atoms with Crippen LogP contribution in [0.1, 0.15) is 47.4 Å². The minimum absolute atomic E-state index is 0.0263. The second kappa shape index (κ2) is 10.2. The van der Waals surface area contributed by atoms with Crippen molar-refractivity contribution in [2.75, 3.05) is 18.4 Å². The molecule has 10 nitrogen and oxygen atoms in total. The zero-order chi connectivity index (χ0) is 29.0. The summed E-state index contributed by atoms with van der Waals surface area (Å²) in [5.41, 5.74) is 4.09. The van der Waals surface area contributed by atoms with E-state index in [0.29, 0.717) is 40.3 Å². The molecule has 0 atom stereocenters. The van der Waals surface area contributed by atoms with Gasteiger partial charge >= 0.3 is 0 Å². The number of fused-ring (bicyclic) bond motifs is 1. The van der Waals surface area contributed by atoms with E-state index in [1.54, 1.807) is 35.5 Å². The standard InChI is InChI=1S/C30H26Cl2N8O2/c1-30(25-14-39(37-35-25)15-26(41)34-22-11-20(31)10-21(32)12-22)16-38(17-30)29(42)19-9-24-27(18-7-8-18)36-40(28(24)33-13-19)23-5-3-2-4-6-23/h2-6,9-14,18H,7-8,15-17H2,1H3,(H,34,41). The summed E-state index contributed by atoms with van der Waals surface area (Å²) in [5.74, 6) is 0.0392. The molecule has 1 N–H and O–H groups in total. The molecule has 1 saturated heterocycles. The Kier molecular flexibility index (Phi) is 6.47. The third-order valence-corrected chi connectivity index (χ3v) is 8.17. The van der Waals surface area contributed by atoms with E-state index in [-0.39, 0.29) is 23.8 Å². The second-order valence-corrected chi connectivity index (χ2v) is 12.1. The lowest BCUT2D eigenvalue weighted by Gasteiger charge is -2.46. The maximum absolute atomic E-state index is 13.5. The molecule has 42 heavy (non-hydrogen) atoms. The third kappa shape index (κ3) is 5.01. The number of nitrogens with zero attached hydrogens (tertiary/aromatic N) is 7. The third-order valence-electron chi connectivity index (χ3n) is 7.74. The number of halogens is 2. The van der Waals surface area contributed by atoms with Gasteiger partial charge in [-0.15, -0.1) is 5.10 Å². The molecule has 0 bridgehead atoms. The minimum atomic E-state index is -0.375. The second-order valence-electron chi connectivity index (χ2n) is 11.2. The van der Waals surface area contributed by atoms with Gasteiger partial charge < -0.3 is 10.2 Å². The fourth-order valence-electron chi connectivity index (χ4n) is 5.46. The van der Waals surface area contributed by atoms with E-state index in [0.717, 1.165) is 41.0 Å². The largest absolute Gasteiger partial charge is 0.337 e. The maximum atomic E-state index is 13.5. The van der Waals surface area contributed by atoms with E-state index < -0.39 is 0 Å². The van der Waals surface area contributed by atoms with Crippen LogP contribution in [0.15, 0.2) is 67.0 Å². The van der Waals surface area contributed by atoms with Crippen LogP contribution in [0.2, 0.25) is 10.0 Å².